The van der Waals surface area contributed by atoms with Crippen molar-refractivity contribution in [3.8, 4) is 0 Å². The molecule has 1 aromatic rings. The van der Waals surface area contributed by atoms with Gasteiger partial charge in [0, 0.05) is 13.2 Å². The van der Waals surface area contributed by atoms with Crippen molar-refractivity contribution in [2.75, 3.05) is 13.2 Å². The van der Waals surface area contributed by atoms with Gasteiger partial charge < -0.3 is 10.1 Å². The van der Waals surface area contributed by atoms with Gasteiger partial charge in [-0.15, -0.1) is 0 Å². The molecule has 5 heteroatoms. The second kappa shape index (κ2) is 7.92. The molecular formula is C13H24BrN3O. The quantitative estimate of drug-likeness (QED) is 0.800. The molecule has 0 aliphatic rings. The Kier molecular flexibility index (Phi) is 6.89. The Labute approximate surface area is 118 Å². The molecule has 0 aliphatic carbocycles. The minimum absolute atomic E-state index is 0.125. The van der Waals surface area contributed by atoms with Gasteiger partial charge in [-0.1, -0.05) is 6.92 Å². The van der Waals surface area contributed by atoms with Crippen molar-refractivity contribution in [3.63, 3.8) is 0 Å². The van der Waals surface area contributed by atoms with E-state index >= 15 is 0 Å². The first-order valence-electron chi connectivity index (χ1n) is 6.71. The van der Waals surface area contributed by atoms with Crippen LogP contribution in [0.5, 0.6) is 0 Å². The Morgan fingerprint density at radius 3 is 2.72 bits per heavy atom. The summed E-state index contributed by atoms with van der Waals surface area (Å²) in [6.45, 7) is 11.0. The van der Waals surface area contributed by atoms with E-state index < -0.39 is 0 Å². The number of aromatic nitrogens is 2. The summed E-state index contributed by atoms with van der Waals surface area (Å²) >= 11 is 3.59. The lowest BCUT2D eigenvalue weighted by atomic mass is 10.1. The molecule has 1 rings (SSSR count). The molecule has 1 aromatic heterocycles. The molecule has 4 nitrogen and oxygen atoms in total. The first-order valence-corrected chi connectivity index (χ1v) is 7.51. The van der Waals surface area contributed by atoms with Gasteiger partial charge in [-0.25, -0.2) is 0 Å². The Morgan fingerprint density at radius 1 is 1.44 bits per heavy atom. The predicted octanol–water partition coefficient (Wildman–Crippen LogP) is 3.13. The smallest absolute Gasteiger partial charge is 0.0767 e. The third kappa shape index (κ3) is 3.80. The highest BCUT2D eigenvalue weighted by molar-refractivity contribution is 9.10. The van der Waals surface area contributed by atoms with Gasteiger partial charge in [-0.05, 0) is 49.7 Å². The second-order valence-electron chi connectivity index (χ2n) is 4.29. The summed E-state index contributed by atoms with van der Waals surface area (Å²) in [7, 11) is 0. The molecule has 1 N–H and O–H groups in total. The van der Waals surface area contributed by atoms with Crippen molar-refractivity contribution in [3.05, 3.63) is 16.4 Å². The topological polar surface area (TPSA) is 39.1 Å². The van der Waals surface area contributed by atoms with Crippen molar-refractivity contribution in [1.29, 1.82) is 0 Å². The number of hydrogen-bond donors (Lipinski definition) is 1. The highest BCUT2D eigenvalue weighted by atomic mass is 79.9. The minimum atomic E-state index is 0.125. The summed E-state index contributed by atoms with van der Waals surface area (Å²) in [5.74, 6) is 0. The third-order valence-corrected chi connectivity index (χ3v) is 3.55. The van der Waals surface area contributed by atoms with Crippen LogP contribution in [0.4, 0.5) is 0 Å². The first kappa shape index (κ1) is 15.7. The standard InChI is InChI=1S/C13H24BrN3O/c1-5-8-15-12(10(4)18-7-3)13-11(14)9-16-17(13)6-2/h9-10,12,15H,5-8H2,1-4H3. The number of nitrogens with one attached hydrogen (secondary N) is 1. The maximum absolute atomic E-state index is 5.75. The summed E-state index contributed by atoms with van der Waals surface area (Å²) in [5.41, 5.74) is 1.17. The SMILES string of the molecule is CCCNC(c1c(Br)cnn1CC)C(C)OCC. The zero-order chi connectivity index (χ0) is 13.5. The Bertz CT molecular complexity index is 354. The van der Waals surface area contributed by atoms with Gasteiger partial charge in [0.2, 0.25) is 0 Å². The third-order valence-electron chi connectivity index (χ3n) is 2.94. The number of rotatable bonds is 8. The lowest BCUT2D eigenvalue weighted by Gasteiger charge is -2.26. The molecule has 0 radical (unpaired) electrons. The van der Waals surface area contributed by atoms with E-state index in [9.17, 15) is 0 Å². The van der Waals surface area contributed by atoms with Crippen molar-refractivity contribution in [2.45, 2.75) is 52.8 Å². The van der Waals surface area contributed by atoms with E-state index in [0.29, 0.717) is 0 Å². The van der Waals surface area contributed by atoms with Crippen LogP contribution in [0, 0.1) is 0 Å². The number of nitrogens with zero attached hydrogens (tertiary/aromatic N) is 2. The molecular weight excluding hydrogens is 294 g/mol. The fraction of sp³-hybridized carbons (Fsp3) is 0.769. The Hall–Kier alpha value is -0.390. The zero-order valence-electron chi connectivity index (χ0n) is 11.7. The molecule has 0 fully saturated rings. The highest BCUT2D eigenvalue weighted by Gasteiger charge is 2.25. The van der Waals surface area contributed by atoms with Gasteiger partial charge in [-0.3, -0.25) is 4.68 Å². The molecule has 0 saturated heterocycles. The maximum Gasteiger partial charge on any atom is 0.0767 e. The van der Waals surface area contributed by atoms with Crippen LogP contribution in [0.3, 0.4) is 0 Å². The van der Waals surface area contributed by atoms with Crippen LogP contribution in [0.1, 0.15) is 45.9 Å². The van der Waals surface area contributed by atoms with Gasteiger partial charge in [0.15, 0.2) is 0 Å². The van der Waals surface area contributed by atoms with Crippen LogP contribution < -0.4 is 5.32 Å². The molecule has 0 bridgehead atoms. The highest BCUT2D eigenvalue weighted by Crippen LogP contribution is 2.27. The van der Waals surface area contributed by atoms with Crippen LogP contribution in [0.15, 0.2) is 10.7 Å². The number of hydrogen-bond acceptors (Lipinski definition) is 3. The molecule has 0 aliphatic heterocycles. The van der Waals surface area contributed by atoms with Crippen molar-refractivity contribution < 1.29 is 4.74 Å². The average molecular weight is 318 g/mol. The van der Waals surface area contributed by atoms with E-state index in [-0.39, 0.29) is 12.1 Å². The molecule has 0 amide bonds. The van der Waals surface area contributed by atoms with Crippen molar-refractivity contribution in [1.82, 2.24) is 15.1 Å². The molecule has 2 unspecified atom stereocenters. The normalized spacial score (nSPS) is 14.7. The Balaban J connectivity index is 2.96. The first-order chi connectivity index (χ1) is 8.65. The largest absolute Gasteiger partial charge is 0.377 e. The fourth-order valence-electron chi connectivity index (χ4n) is 2.08. The molecule has 0 saturated carbocycles. The molecule has 2 atom stereocenters. The number of ether oxygens (including phenoxy) is 1. The van der Waals surface area contributed by atoms with Gasteiger partial charge in [0.05, 0.1) is 28.5 Å². The molecule has 0 spiro atoms. The van der Waals surface area contributed by atoms with Crippen LogP contribution in [-0.2, 0) is 11.3 Å². The Morgan fingerprint density at radius 2 is 2.17 bits per heavy atom. The van der Waals surface area contributed by atoms with Gasteiger partial charge in [0.25, 0.3) is 0 Å². The van der Waals surface area contributed by atoms with Crippen LogP contribution >= 0.6 is 15.9 Å². The summed E-state index contributed by atoms with van der Waals surface area (Å²) in [4.78, 5) is 0. The fourth-order valence-corrected chi connectivity index (χ4v) is 2.62. The maximum atomic E-state index is 5.75. The average Bonchev–Trinajstić information content (AvgIpc) is 2.72. The van der Waals surface area contributed by atoms with E-state index in [1.54, 1.807) is 0 Å². The predicted molar refractivity (Wildman–Crippen MR) is 77.7 cm³/mol. The van der Waals surface area contributed by atoms with Crippen LogP contribution in [0.2, 0.25) is 0 Å². The van der Waals surface area contributed by atoms with Gasteiger partial charge >= 0.3 is 0 Å². The van der Waals surface area contributed by atoms with E-state index in [0.717, 1.165) is 30.6 Å². The molecule has 18 heavy (non-hydrogen) atoms. The lowest BCUT2D eigenvalue weighted by Crippen LogP contribution is -2.34. The second-order valence-corrected chi connectivity index (χ2v) is 5.14. The summed E-state index contributed by atoms with van der Waals surface area (Å²) < 4.78 is 8.82. The lowest BCUT2D eigenvalue weighted by molar-refractivity contribution is 0.0447. The van der Waals surface area contributed by atoms with Crippen LogP contribution in [0.25, 0.3) is 0 Å². The summed E-state index contributed by atoms with van der Waals surface area (Å²) in [6.07, 6.45) is 3.09. The van der Waals surface area contributed by atoms with Gasteiger partial charge in [-0.2, -0.15) is 5.10 Å². The number of halogens is 1. The summed E-state index contributed by atoms with van der Waals surface area (Å²) in [6, 6.07) is 0.168. The summed E-state index contributed by atoms with van der Waals surface area (Å²) in [5, 5.41) is 7.94. The molecule has 104 valence electrons. The van der Waals surface area contributed by atoms with E-state index in [2.05, 4.69) is 47.1 Å². The van der Waals surface area contributed by atoms with E-state index in [4.69, 9.17) is 4.74 Å². The van der Waals surface area contributed by atoms with E-state index in [1.165, 1.54) is 5.69 Å². The minimum Gasteiger partial charge on any atom is -0.377 e. The molecule has 0 aromatic carbocycles. The van der Waals surface area contributed by atoms with Crippen LogP contribution in [-0.4, -0.2) is 29.0 Å². The monoisotopic (exact) mass is 317 g/mol. The van der Waals surface area contributed by atoms with Gasteiger partial charge in [0.1, 0.15) is 0 Å². The zero-order valence-corrected chi connectivity index (χ0v) is 13.3. The van der Waals surface area contributed by atoms with Crippen molar-refractivity contribution in [2.24, 2.45) is 0 Å². The number of aryl methyl sites for hydroxylation is 1. The van der Waals surface area contributed by atoms with Crippen molar-refractivity contribution >= 4 is 15.9 Å². The van der Waals surface area contributed by atoms with E-state index in [1.807, 2.05) is 17.8 Å². The molecule has 1 heterocycles.